The zero-order valence-electron chi connectivity index (χ0n) is 20.6. The van der Waals surface area contributed by atoms with Crippen molar-refractivity contribution in [1.82, 2.24) is 0 Å². The molecule has 0 aliphatic rings. The topological polar surface area (TPSA) is 72.8 Å². The quantitative estimate of drug-likeness (QED) is 0.166. The molecule has 188 valence electrons. The van der Waals surface area contributed by atoms with Gasteiger partial charge in [-0.1, -0.05) is 103 Å². The Labute approximate surface area is 193 Å². The number of hydrogen-bond donors (Lipinski definition) is 1. The van der Waals surface area contributed by atoms with Crippen LogP contribution < -0.4 is 0 Å². The molecule has 0 aliphatic carbocycles. The van der Waals surface area contributed by atoms with Crippen LogP contribution in [0.2, 0.25) is 0 Å². The third kappa shape index (κ3) is 22.8. The second kappa shape index (κ2) is 23.0. The highest BCUT2D eigenvalue weighted by molar-refractivity contribution is 7.91. The second-order valence-corrected chi connectivity index (χ2v) is 11.2. The van der Waals surface area contributed by atoms with Crippen molar-refractivity contribution >= 4 is 9.84 Å². The van der Waals surface area contributed by atoms with Crippen molar-refractivity contribution in [1.29, 1.82) is 0 Å². The van der Waals surface area contributed by atoms with Crippen LogP contribution in [0.5, 0.6) is 0 Å². The Morgan fingerprint density at radius 3 is 1.58 bits per heavy atom. The van der Waals surface area contributed by atoms with Gasteiger partial charge >= 0.3 is 0 Å². The fourth-order valence-electron chi connectivity index (χ4n) is 3.80. The zero-order valence-corrected chi connectivity index (χ0v) is 21.4. The van der Waals surface area contributed by atoms with Gasteiger partial charge in [0.25, 0.3) is 0 Å². The molecule has 0 saturated carbocycles. The SMILES string of the molecule is CCCCCCCCCCCCCCCCCCOCC(CS(=O)(=O)CCCO)OC. The van der Waals surface area contributed by atoms with Crippen molar-refractivity contribution in [3.8, 4) is 0 Å². The molecule has 1 N–H and O–H groups in total. The van der Waals surface area contributed by atoms with Crippen LogP contribution in [-0.4, -0.2) is 58.1 Å². The van der Waals surface area contributed by atoms with E-state index in [2.05, 4.69) is 6.92 Å². The molecule has 0 rings (SSSR count). The summed E-state index contributed by atoms with van der Waals surface area (Å²) in [4.78, 5) is 0. The highest BCUT2D eigenvalue weighted by atomic mass is 32.2. The van der Waals surface area contributed by atoms with Gasteiger partial charge in [0.1, 0.15) is 0 Å². The normalized spacial score (nSPS) is 13.0. The molecule has 6 heteroatoms. The number of sulfone groups is 1. The largest absolute Gasteiger partial charge is 0.396 e. The maximum atomic E-state index is 11.9. The van der Waals surface area contributed by atoms with Crippen LogP contribution in [-0.2, 0) is 19.3 Å². The molecule has 1 unspecified atom stereocenters. The van der Waals surface area contributed by atoms with E-state index in [0.29, 0.717) is 13.2 Å². The van der Waals surface area contributed by atoms with Crippen LogP contribution in [0.1, 0.15) is 116 Å². The first-order chi connectivity index (χ1) is 15.1. The molecule has 0 heterocycles. The van der Waals surface area contributed by atoms with Crippen molar-refractivity contribution in [2.24, 2.45) is 0 Å². The van der Waals surface area contributed by atoms with Crippen molar-refractivity contribution in [3.63, 3.8) is 0 Å². The van der Waals surface area contributed by atoms with E-state index in [0.717, 1.165) is 6.42 Å². The lowest BCUT2D eigenvalue weighted by atomic mass is 10.0. The van der Waals surface area contributed by atoms with Gasteiger partial charge in [0, 0.05) is 20.3 Å². The van der Waals surface area contributed by atoms with E-state index in [1.165, 1.54) is 103 Å². The van der Waals surface area contributed by atoms with Crippen LogP contribution in [0.4, 0.5) is 0 Å². The van der Waals surface area contributed by atoms with E-state index in [1.54, 1.807) is 0 Å². The van der Waals surface area contributed by atoms with E-state index in [9.17, 15) is 8.42 Å². The van der Waals surface area contributed by atoms with Gasteiger partial charge < -0.3 is 14.6 Å². The monoisotopic (exact) mass is 464 g/mol. The summed E-state index contributed by atoms with van der Waals surface area (Å²) in [6.07, 6.45) is 21.4. The summed E-state index contributed by atoms with van der Waals surface area (Å²) < 4.78 is 34.7. The Hall–Kier alpha value is -0.170. The van der Waals surface area contributed by atoms with Gasteiger partial charge in [0.05, 0.1) is 24.2 Å². The number of aliphatic hydroxyl groups is 1. The molecule has 1 atom stereocenters. The van der Waals surface area contributed by atoms with Crippen LogP contribution in [0.25, 0.3) is 0 Å². The van der Waals surface area contributed by atoms with E-state index in [1.807, 2.05) is 0 Å². The molecular formula is C25H52O5S. The summed E-state index contributed by atoms with van der Waals surface area (Å²) in [7, 11) is -1.68. The second-order valence-electron chi connectivity index (χ2n) is 8.93. The summed E-state index contributed by atoms with van der Waals surface area (Å²) in [6.45, 7) is 3.14. The molecule has 0 aliphatic heterocycles. The fourth-order valence-corrected chi connectivity index (χ4v) is 5.34. The number of hydrogen-bond acceptors (Lipinski definition) is 5. The van der Waals surface area contributed by atoms with Crippen LogP contribution in [0.15, 0.2) is 0 Å². The highest BCUT2D eigenvalue weighted by Crippen LogP contribution is 2.13. The molecule has 0 spiro atoms. The number of rotatable bonds is 25. The first-order valence-electron chi connectivity index (χ1n) is 13.0. The van der Waals surface area contributed by atoms with Gasteiger partial charge in [-0.3, -0.25) is 0 Å². The van der Waals surface area contributed by atoms with Gasteiger partial charge in [-0.05, 0) is 12.8 Å². The fraction of sp³-hybridized carbons (Fsp3) is 1.00. The van der Waals surface area contributed by atoms with E-state index in [4.69, 9.17) is 14.6 Å². The Morgan fingerprint density at radius 2 is 1.16 bits per heavy atom. The van der Waals surface area contributed by atoms with Crippen LogP contribution in [0.3, 0.4) is 0 Å². The molecule has 31 heavy (non-hydrogen) atoms. The van der Waals surface area contributed by atoms with E-state index >= 15 is 0 Å². The molecule has 0 fully saturated rings. The smallest absolute Gasteiger partial charge is 0.153 e. The van der Waals surface area contributed by atoms with E-state index in [-0.39, 0.29) is 24.5 Å². The van der Waals surface area contributed by atoms with Crippen LogP contribution >= 0.6 is 0 Å². The minimum Gasteiger partial charge on any atom is -0.396 e. The molecule has 0 aromatic heterocycles. The van der Waals surface area contributed by atoms with Crippen molar-refractivity contribution < 1.29 is 23.0 Å². The first kappa shape index (κ1) is 30.8. The minimum atomic E-state index is -3.19. The zero-order chi connectivity index (χ0) is 23.0. The van der Waals surface area contributed by atoms with Crippen LogP contribution in [0, 0.1) is 0 Å². The molecule has 5 nitrogen and oxygen atoms in total. The number of aliphatic hydroxyl groups excluding tert-OH is 1. The summed E-state index contributed by atoms with van der Waals surface area (Å²) >= 11 is 0. The first-order valence-corrected chi connectivity index (χ1v) is 14.8. The molecule has 0 aromatic carbocycles. The van der Waals surface area contributed by atoms with Crippen molar-refractivity contribution in [3.05, 3.63) is 0 Å². The summed E-state index contributed by atoms with van der Waals surface area (Å²) in [6, 6.07) is 0. The minimum absolute atomic E-state index is 0.00247. The number of methoxy groups -OCH3 is 1. The van der Waals surface area contributed by atoms with Gasteiger partial charge in [0.2, 0.25) is 0 Å². The molecule has 0 bridgehead atoms. The van der Waals surface area contributed by atoms with Gasteiger partial charge in [-0.25, -0.2) is 8.42 Å². The highest BCUT2D eigenvalue weighted by Gasteiger charge is 2.18. The third-order valence-electron chi connectivity index (χ3n) is 5.83. The predicted octanol–water partition coefficient (Wildman–Crippen LogP) is 6.08. The lowest BCUT2D eigenvalue weighted by Gasteiger charge is -2.15. The molecular weight excluding hydrogens is 412 g/mol. The average Bonchev–Trinajstić information content (AvgIpc) is 2.76. The van der Waals surface area contributed by atoms with Crippen molar-refractivity contribution in [2.45, 2.75) is 122 Å². The molecule has 0 amide bonds. The maximum Gasteiger partial charge on any atom is 0.153 e. The Kier molecular flexibility index (Phi) is 22.9. The van der Waals surface area contributed by atoms with E-state index < -0.39 is 15.9 Å². The number of unbranched alkanes of at least 4 members (excludes halogenated alkanes) is 15. The Balaban J connectivity index is 3.37. The Bertz CT molecular complexity index is 453. The molecule has 0 saturated heterocycles. The lowest BCUT2D eigenvalue weighted by molar-refractivity contribution is 0.0190. The molecule has 0 aromatic rings. The predicted molar refractivity (Wildman–Crippen MR) is 132 cm³/mol. The standard InChI is InChI=1S/C25H52O5S/c1-3-4-5-6-7-8-9-10-11-12-13-14-15-16-17-18-21-30-23-25(29-2)24-31(27,28)22-19-20-26/h25-26H,3-24H2,1-2H3. The van der Waals surface area contributed by atoms with Gasteiger partial charge in [-0.15, -0.1) is 0 Å². The maximum absolute atomic E-state index is 11.9. The Morgan fingerprint density at radius 1 is 0.710 bits per heavy atom. The summed E-state index contributed by atoms with van der Waals surface area (Å²) in [5.41, 5.74) is 0. The van der Waals surface area contributed by atoms with Crippen molar-refractivity contribution in [2.75, 3.05) is 38.4 Å². The summed E-state index contributed by atoms with van der Waals surface area (Å²) in [5.74, 6) is -0.0368. The third-order valence-corrected chi connectivity index (χ3v) is 7.62. The molecule has 0 radical (unpaired) electrons. The lowest BCUT2D eigenvalue weighted by Crippen LogP contribution is -2.29. The number of ether oxygens (including phenoxy) is 2. The van der Waals surface area contributed by atoms with Gasteiger partial charge in [0.15, 0.2) is 9.84 Å². The average molecular weight is 465 g/mol. The summed E-state index contributed by atoms with van der Waals surface area (Å²) in [5, 5.41) is 8.77. The van der Waals surface area contributed by atoms with Gasteiger partial charge in [-0.2, -0.15) is 0 Å².